The van der Waals surface area contributed by atoms with Crippen molar-refractivity contribution in [3.05, 3.63) is 34.7 Å². The first-order valence-electron chi connectivity index (χ1n) is 5.20. The van der Waals surface area contributed by atoms with Crippen LogP contribution in [0.5, 0.6) is 0 Å². The summed E-state index contributed by atoms with van der Waals surface area (Å²) in [6.07, 6.45) is 2.87. The lowest BCUT2D eigenvalue weighted by atomic mass is 10.2. The van der Waals surface area contributed by atoms with Crippen molar-refractivity contribution in [2.75, 3.05) is 0 Å². The Kier molecular flexibility index (Phi) is 2.35. The molecule has 3 rings (SSSR count). The Morgan fingerprint density at radius 3 is 2.71 bits per heavy atom. The molecule has 0 radical (unpaired) electrons. The third kappa shape index (κ3) is 1.70. The van der Waals surface area contributed by atoms with Gasteiger partial charge in [-0.2, -0.15) is 0 Å². The summed E-state index contributed by atoms with van der Waals surface area (Å²) in [6, 6.07) is 4.26. The van der Waals surface area contributed by atoms with Crippen molar-refractivity contribution >= 4 is 36.9 Å². The predicted octanol–water partition coefficient (Wildman–Crippen LogP) is 2.88. The van der Waals surface area contributed by atoms with E-state index in [0.717, 1.165) is 0 Å². The van der Waals surface area contributed by atoms with Crippen molar-refractivity contribution in [3.63, 3.8) is 0 Å². The fourth-order valence-electron chi connectivity index (χ4n) is 1.89. The van der Waals surface area contributed by atoms with Crippen LogP contribution in [0.4, 0.5) is 4.39 Å². The van der Waals surface area contributed by atoms with E-state index in [4.69, 9.17) is 0 Å². The van der Waals surface area contributed by atoms with Gasteiger partial charge in [0.2, 0.25) is 10.0 Å². The normalized spacial score (nSPS) is 16.6. The number of nitrogens with zero attached hydrogens (tertiary/aromatic N) is 1. The molecule has 0 amide bonds. The average molecular weight is 318 g/mol. The van der Waals surface area contributed by atoms with Gasteiger partial charge in [0.1, 0.15) is 5.82 Å². The van der Waals surface area contributed by atoms with Gasteiger partial charge >= 0.3 is 0 Å². The molecule has 1 aliphatic carbocycles. The zero-order valence-electron chi connectivity index (χ0n) is 8.73. The average Bonchev–Trinajstić information content (AvgIpc) is 2.99. The third-order valence-electron chi connectivity index (χ3n) is 2.91. The van der Waals surface area contributed by atoms with E-state index < -0.39 is 15.8 Å². The van der Waals surface area contributed by atoms with Gasteiger partial charge in [-0.3, -0.25) is 0 Å². The first-order valence-corrected chi connectivity index (χ1v) is 7.50. The van der Waals surface area contributed by atoms with Crippen molar-refractivity contribution in [1.82, 2.24) is 3.97 Å². The van der Waals surface area contributed by atoms with Gasteiger partial charge in [-0.05, 0) is 47.0 Å². The maximum atomic E-state index is 13.3. The van der Waals surface area contributed by atoms with Crippen LogP contribution < -0.4 is 0 Å². The van der Waals surface area contributed by atoms with Crippen molar-refractivity contribution in [1.29, 1.82) is 0 Å². The number of hydrogen-bond acceptors (Lipinski definition) is 2. The van der Waals surface area contributed by atoms with Crippen molar-refractivity contribution < 1.29 is 12.8 Å². The maximum absolute atomic E-state index is 13.3. The highest BCUT2D eigenvalue weighted by Gasteiger charge is 2.37. The molecular weight excluding hydrogens is 309 g/mol. The maximum Gasteiger partial charge on any atom is 0.241 e. The topological polar surface area (TPSA) is 39.1 Å². The first kappa shape index (κ1) is 11.2. The number of halogens is 2. The molecule has 1 aromatic carbocycles. The van der Waals surface area contributed by atoms with Crippen LogP contribution in [-0.4, -0.2) is 17.6 Å². The molecule has 0 N–H and O–H groups in total. The number of fused-ring (bicyclic) bond motifs is 1. The van der Waals surface area contributed by atoms with Crippen LogP contribution in [0.15, 0.2) is 28.9 Å². The van der Waals surface area contributed by atoms with E-state index in [0.29, 0.717) is 28.2 Å². The number of hydrogen-bond donors (Lipinski definition) is 0. The minimum atomic E-state index is -3.35. The van der Waals surface area contributed by atoms with Crippen LogP contribution in [0.3, 0.4) is 0 Å². The smallest absolute Gasteiger partial charge is 0.241 e. The van der Waals surface area contributed by atoms with Gasteiger partial charge < -0.3 is 0 Å². The van der Waals surface area contributed by atoms with Crippen molar-refractivity contribution in [2.24, 2.45) is 0 Å². The fourth-order valence-corrected chi connectivity index (χ4v) is 4.15. The summed E-state index contributed by atoms with van der Waals surface area (Å²) >= 11 is 3.23. The summed E-state index contributed by atoms with van der Waals surface area (Å²) in [5.74, 6) is -0.449. The molecule has 17 heavy (non-hydrogen) atoms. The van der Waals surface area contributed by atoms with E-state index in [9.17, 15) is 12.8 Å². The third-order valence-corrected chi connectivity index (χ3v) is 5.74. The highest BCUT2D eigenvalue weighted by atomic mass is 79.9. The number of benzene rings is 1. The Morgan fingerprint density at radius 1 is 1.35 bits per heavy atom. The van der Waals surface area contributed by atoms with E-state index in [2.05, 4.69) is 15.9 Å². The minimum Gasteiger partial charge on any atom is -0.245 e. The van der Waals surface area contributed by atoms with Gasteiger partial charge in [0.25, 0.3) is 0 Å². The second-order valence-corrected chi connectivity index (χ2v) is 7.12. The Bertz CT molecular complexity index is 704. The molecule has 90 valence electrons. The summed E-state index contributed by atoms with van der Waals surface area (Å²) in [5.41, 5.74) is 0.392. The fraction of sp³-hybridized carbons (Fsp3) is 0.273. The molecule has 6 heteroatoms. The van der Waals surface area contributed by atoms with E-state index >= 15 is 0 Å². The first-order chi connectivity index (χ1) is 8.00. The molecule has 0 bridgehead atoms. The molecule has 1 saturated carbocycles. The number of aromatic nitrogens is 1. The molecule has 0 saturated heterocycles. The molecule has 3 nitrogen and oxygen atoms in total. The lowest BCUT2D eigenvalue weighted by molar-refractivity contribution is 0.587. The van der Waals surface area contributed by atoms with Gasteiger partial charge in [0.15, 0.2) is 0 Å². The highest BCUT2D eigenvalue weighted by Crippen LogP contribution is 2.34. The molecular formula is C11H9BrFNO2S. The molecule has 0 atom stereocenters. The molecule has 1 aromatic heterocycles. The monoisotopic (exact) mass is 317 g/mol. The largest absolute Gasteiger partial charge is 0.245 e. The van der Waals surface area contributed by atoms with Crippen molar-refractivity contribution in [3.8, 4) is 0 Å². The zero-order valence-corrected chi connectivity index (χ0v) is 11.1. The van der Waals surface area contributed by atoms with Crippen LogP contribution >= 0.6 is 15.9 Å². The highest BCUT2D eigenvalue weighted by molar-refractivity contribution is 9.10. The molecule has 0 aliphatic heterocycles. The van der Waals surface area contributed by atoms with Gasteiger partial charge in [-0.25, -0.2) is 16.8 Å². The van der Waals surface area contributed by atoms with E-state index in [1.165, 1.54) is 22.3 Å². The van der Waals surface area contributed by atoms with Gasteiger partial charge in [-0.15, -0.1) is 0 Å². The lowest BCUT2D eigenvalue weighted by Gasteiger charge is -2.06. The Morgan fingerprint density at radius 2 is 2.06 bits per heavy atom. The predicted molar refractivity (Wildman–Crippen MR) is 66.9 cm³/mol. The molecule has 0 spiro atoms. The van der Waals surface area contributed by atoms with Crippen LogP contribution in [-0.2, 0) is 10.0 Å². The second-order valence-electron chi connectivity index (χ2n) is 4.18. The van der Waals surface area contributed by atoms with E-state index in [-0.39, 0.29) is 5.25 Å². The summed E-state index contributed by atoms with van der Waals surface area (Å²) < 4.78 is 39.3. The standard InChI is InChI=1S/C11H9BrFNO2S/c12-10-5-7(13)6-11-9(10)3-4-14(11)17(15,16)8-1-2-8/h3-6,8H,1-2H2. The van der Waals surface area contributed by atoms with E-state index in [1.54, 1.807) is 6.07 Å². The second kappa shape index (κ2) is 3.55. The molecule has 1 fully saturated rings. The summed E-state index contributed by atoms with van der Waals surface area (Å²) in [7, 11) is -3.35. The SMILES string of the molecule is O=S(=O)(C1CC1)n1ccc2c(Br)cc(F)cc21. The Labute approximate surface area is 106 Å². The van der Waals surface area contributed by atoms with Crippen LogP contribution in [0.1, 0.15) is 12.8 Å². The zero-order chi connectivity index (χ0) is 12.2. The lowest BCUT2D eigenvalue weighted by Crippen LogP contribution is -2.16. The quantitative estimate of drug-likeness (QED) is 0.854. The molecule has 1 aliphatic rings. The van der Waals surface area contributed by atoms with Crippen molar-refractivity contribution in [2.45, 2.75) is 18.1 Å². The van der Waals surface area contributed by atoms with Gasteiger partial charge in [0.05, 0.1) is 10.8 Å². The summed E-state index contributed by atoms with van der Waals surface area (Å²) in [4.78, 5) is 0. The van der Waals surface area contributed by atoms with E-state index in [1.807, 2.05) is 0 Å². The molecule has 2 aromatic rings. The number of rotatable bonds is 2. The van der Waals surface area contributed by atoms with Crippen LogP contribution in [0, 0.1) is 5.82 Å². The Balaban J connectivity index is 2.31. The van der Waals surface area contributed by atoms with Crippen LogP contribution in [0.2, 0.25) is 0 Å². The van der Waals surface area contributed by atoms with Gasteiger partial charge in [0, 0.05) is 16.1 Å². The Hall–Kier alpha value is -0.880. The summed E-state index contributed by atoms with van der Waals surface area (Å²) in [5, 5.41) is 0.399. The minimum absolute atomic E-state index is 0.305. The molecule has 0 unspecified atom stereocenters. The van der Waals surface area contributed by atoms with Gasteiger partial charge in [-0.1, -0.05) is 0 Å². The van der Waals surface area contributed by atoms with Crippen LogP contribution in [0.25, 0.3) is 10.9 Å². The molecule has 1 heterocycles. The summed E-state index contributed by atoms with van der Waals surface area (Å²) in [6.45, 7) is 0.